The van der Waals surface area contributed by atoms with Crippen LogP contribution in [0.25, 0.3) is 6.08 Å². The van der Waals surface area contributed by atoms with Crippen LogP contribution in [-0.2, 0) is 14.4 Å². The Morgan fingerprint density at radius 1 is 0.810 bits per heavy atom. The summed E-state index contributed by atoms with van der Waals surface area (Å²) in [5.41, 5.74) is 1.17. The molecule has 0 saturated carbocycles. The first-order valence-corrected chi connectivity index (χ1v) is 5.50. The van der Waals surface area contributed by atoms with Crippen molar-refractivity contribution in [2.24, 2.45) is 0 Å². The molecule has 0 amide bonds. The zero-order chi connectivity index (χ0) is 16.7. The molecule has 112 valence electrons. The van der Waals surface area contributed by atoms with Gasteiger partial charge in [0.25, 0.3) is 0 Å². The van der Waals surface area contributed by atoms with Gasteiger partial charge in [-0.05, 0) is 5.56 Å². The Morgan fingerprint density at radius 3 is 1.38 bits per heavy atom. The topological polar surface area (TPSA) is 112 Å². The summed E-state index contributed by atoms with van der Waals surface area (Å²) in [6, 6.07) is 10.0. The van der Waals surface area contributed by atoms with Crippen molar-refractivity contribution in [3.63, 3.8) is 0 Å². The molecule has 1 rings (SSSR count). The van der Waals surface area contributed by atoms with E-state index in [1.807, 2.05) is 36.4 Å². The number of carboxylic acids is 3. The Hall–Kier alpha value is -3.15. The first-order chi connectivity index (χ1) is 9.83. The Morgan fingerprint density at radius 2 is 1.19 bits per heavy atom. The molecule has 6 nitrogen and oxygen atoms in total. The van der Waals surface area contributed by atoms with Crippen LogP contribution in [0.2, 0.25) is 0 Å². The second kappa shape index (κ2) is 13.3. The fourth-order valence-corrected chi connectivity index (χ4v) is 0.732. The molecule has 0 atom stereocenters. The molecule has 0 aliphatic heterocycles. The second-order valence-electron chi connectivity index (χ2n) is 3.17. The van der Waals surface area contributed by atoms with Crippen LogP contribution in [-0.4, -0.2) is 33.2 Å². The highest BCUT2D eigenvalue weighted by molar-refractivity contribution is 5.89. The summed E-state index contributed by atoms with van der Waals surface area (Å²) < 4.78 is 0. The molecule has 0 aliphatic rings. The van der Waals surface area contributed by atoms with E-state index in [1.165, 1.54) is 5.56 Å². The minimum absolute atomic E-state index is 0.558. The third-order valence-electron chi connectivity index (χ3n) is 1.58. The molecule has 6 heteroatoms. The number of carbonyl (C=O) groups is 3. The second-order valence-corrected chi connectivity index (χ2v) is 3.17. The fraction of sp³-hybridized carbons (Fsp3) is 0. The molecule has 0 unspecified atom stereocenters. The number of carboxylic acid groups (broad SMARTS) is 3. The van der Waals surface area contributed by atoms with Gasteiger partial charge in [0.1, 0.15) is 0 Å². The van der Waals surface area contributed by atoms with Gasteiger partial charge in [-0.3, -0.25) is 0 Å². The van der Waals surface area contributed by atoms with Gasteiger partial charge in [-0.2, -0.15) is 0 Å². The van der Waals surface area contributed by atoms with Gasteiger partial charge in [-0.25, -0.2) is 14.4 Å². The zero-order valence-corrected chi connectivity index (χ0v) is 11.2. The SMILES string of the molecule is C=CC(=O)O.C=Cc1ccccc1.O=C(O)/C=C\C(=O)O. The average molecular weight is 292 g/mol. The van der Waals surface area contributed by atoms with Crippen molar-refractivity contribution in [2.45, 2.75) is 0 Å². The largest absolute Gasteiger partial charge is 0.478 e. The lowest BCUT2D eigenvalue weighted by atomic mass is 10.2. The molecule has 0 spiro atoms. The summed E-state index contributed by atoms with van der Waals surface area (Å²) in [6.45, 7) is 6.59. The van der Waals surface area contributed by atoms with Gasteiger partial charge >= 0.3 is 17.9 Å². The van der Waals surface area contributed by atoms with Crippen LogP contribution in [0.1, 0.15) is 5.56 Å². The summed E-state index contributed by atoms with van der Waals surface area (Å²) in [7, 11) is 0. The van der Waals surface area contributed by atoms with Crippen molar-refractivity contribution in [1.29, 1.82) is 0 Å². The van der Waals surface area contributed by atoms with E-state index in [1.54, 1.807) is 0 Å². The molecular weight excluding hydrogens is 276 g/mol. The lowest BCUT2D eigenvalue weighted by molar-refractivity contribution is -0.134. The van der Waals surface area contributed by atoms with Crippen LogP contribution in [0, 0.1) is 0 Å². The number of hydrogen-bond donors (Lipinski definition) is 3. The van der Waals surface area contributed by atoms with Gasteiger partial charge in [-0.1, -0.05) is 49.6 Å². The van der Waals surface area contributed by atoms with E-state index in [0.29, 0.717) is 12.2 Å². The molecule has 0 heterocycles. The van der Waals surface area contributed by atoms with E-state index < -0.39 is 17.9 Å². The summed E-state index contributed by atoms with van der Waals surface area (Å²) in [5, 5.41) is 23.2. The maximum atomic E-state index is 9.55. The molecule has 1 aromatic rings. The van der Waals surface area contributed by atoms with E-state index >= 15 is 0 Å². The van der Waals surface area contributed by atoms with Crippen LogP contribution < -0.4 is 0 Å². The van der Waals surface area contributed by atoms with Crippen molar-refractivity contribution >= 4 is 24.0 Å². The Bertz CT molecular complexity index is 486. The first-order valence-electron chi connectivity index (χ1n) is 5.50. The normalized spacial score (nSPS) is 8.38. The van der Waals surface area contributed by atoms with Gasteiger partial charge in [0.15, 0.2) is 0 Å². The molecule has 0 aromatic heterocycles. The zero-order valence-electron chi connectivity index (χ0n) is 11.2. The first kappa shape index (κ1) is 20.2. The molecular formula is C15H16O6. The van der Waals surface area contributed by atoms with Crippen LogP contribution in [0.15, 0.2) is 61.7 Å². The highest BCUT2D eigenvalue weighted by Crippen LogP contribution is 1.97. The maximum absolute atomic E-state index is 9.55. The predicted molar refractivity (Wildman–Crippen MR) is 78.8 cm³/mol. The minimum Gasteiger partial charge on any atom is -0.478 e. The van der Waals surface area contributed by atoms with E-state index in [4.69, 9.17) is 15.3 Å². The molecule has 3 N–H and O–H groups in total. The van der Waals surface area contributed by atoms with Gasteiger partial charge in [-0.15, -0.1) is 0 Å². The number of aliphatic carboxylic acids is 3. The Kier molecular flexibility index (Phi) is 12.8. The number of hydrogen-bond acceptors (Lipinski definition) is 3. The summed E-state index contributed by atoms with van der Waals surface area (Å²) in [4.78, 5) is 28.4. The van der Waals surface area contributed by atoms with Crippen molar-refractivity contribution in [2.75, 3.05) is 0 Å². The summed E-state index contributed by atoms with van der Waals surface area (Å²) >= 11 is 0. The maximum Gasteiger partial charge on any atom is 0.328 e. The Labute approximate surface area is 122 Å². The van der Waals surface area contributed by atoms with Crippen LogP contribution in [0.4, 0.5) is 0 Å². The molecule has 0 aliphatic carbocycles. The molecule has 0 radical (unpaired) electrons. The van der Waals surface area contributed by atoms with Gasteiger partial charge in [0.2, 0.25) is 0 Å². The molecule has 0 saturated heterocycles. The van der Waals surface area contributed by atoms with Crippen molar-refractivity contribution < 1.29 is 29.7 Å². The molecule has 0 bridgehead atoms. The molecule has 21 heavy (non-hydrogen) atoms. The van der Waals surface area contributed by atoms with Crippen LogP contribution in [0.5, 0.6) is 0 Å². The van der Waals surface area contributed by atoms with Crippen molar-refractivity contribution in [1.82, 2.24) is 0 Å². The predicted octanol–water partition coefficient (Wildman–Crippen LogP) is 2.30. The molecule has 1 aromatic carbocycles. The summed E-state index contributed by atoms with van der Waals surface area (Å²) in [6.07, 6.45) is 3.78. The lowest BCUT2D eigenvalue weighted by Crippen LogP contribution is -1.91. The number of rotatable bonds is 4. The van der Waals surface area contributed by atoms with Gasteiger partial charge in [0, 0.05) is 18.2 Å². The summed E-state index contributed by atoms with van der Waals surface area (Å²) in [5.74, 6) is -3.50. The van der Waals surface area contributed by atoms with E-state index in [-0.39, 0.29) is 0 Å². The smallest absolute Gasteiger partial charge is 0.328 e. The fourth-order valence-electron chi connectivity index (χ4n) is 0.732. The monoisotopic (exact) mass is 292 g/mol. The van der Waals surface area contributed by atoms with Gasteiger partial charge < -0.3 is 15.3 Å². The van der Waals surface area contributed by atoms with Gasteiger partial charge in [0.05, 0.1) is 0 Å². The van der Waals surface area contributed by atoms with Crippen LogP contribution in [0.3, 0.4) is 0 Å². The van der Waals surface area contributed by atoms with Crippen molar-refractivity contribution in [3.8, 4) is 0 Å². The third-order valence-corrected chi connectivity index (χ3v) is 1.58. The third kappa shape index (κ3) is 19.4. The minimum atomic E-state index is -1.26. The standard InChI is InChI=1S/C8H8.C4H4O4.C3H4O2/c1-2-8-6-4-3-5-7-8;5-3(6)1-2-4(7)8;1-2-3(4)5/h2-7H,1H2;1-2H,(H,5,6)(H,7,8);2H,1H2,(H,4,5)/b;2-1-;. The van der Waals surface area contributed by atoms with E-state index in [2.05, 4.69) is 13.2 Å². The van der Waals surface area contributed by atoms with Crippen LogP contribution >= 0.6 is 0 Å². The Balaban J connectivity index is 0. The average Bonchev–Trinajstić information content (AvgIpc) is 2.47. The molecule has 0 fully saturated rings. The number of benzene rings is 1. The quantitative estimate of drug-likeness (QED) is 0.734. The van der Waals surface area contributed by atoms with E-state index in [0.717, 1.165) is 6.08 Å². The lowest BCUT2D eigenvalue weighted by Gasteiger charge is -1.85. The highest BCUT2D eigenvalue weighted by Gasteiger charge is 1.88. The highest BCUT2D eigenvalue weighted by atomic mass is 16.4. The van der Waals surface area contributed by atoms with E-state index in [9.17, 15) is 14.4 Å². The van der Waals surface area contributed by atoms with Crippen molar-refractivity contribution in [3.05, 3.63) is 67.3 Å².